The summed E-state index contributed by atoms with van der Waals surface area (Å²) in [5, 5.41) is 19.6. The minimum Gasteiger partial charge on any atom is -0.395 e. The number of sulfonamides is 2. The molecule has 0 radical (unpaired) electrons. The third-order valence-corrected chi connectivity index (χ3v) is 7.03. The van der Waals surface area contributed by atoms with E-state index in [2.05, 4.69) is 9.44 Å². The summed E-state index contributed by atoms with van der Waals surface area (Å²) < 4.78 is 53.5. The quantitative estimate of drug-likeness (QED) is 0.384. The summed E-state index contributed by atoms with van der Waals surface area (Å²) >= 11 is 0. The molecule has 2 aromatic rings. The molecule has 154 valence electrons. The maximum Gasteiger partial charge on any atom is 0.240 e. The van der Waals surface area contributed by atoms with Crippen LogP contribution < -0.4 is 9.44 Å². The van der Waals surface area contributed by atoms with Gasteiger partial charge in [-0.25, -0.2) is 26.3 Å². The molecule has 10 heteroatoms. The molecule has 0 heterocycles. The van der Waals surface area contributed by atoms with Crippen molar-refractivity contribution in [3.05, 3.63) is 60.7 Å². The van der Waals surface area contributed by atoms with Crippen LogP contribution in [0.5, 0.6) is 0 Å². The Balaban J connectivity index is 1.86. The van der Waals surface area contributed by atoms with Crippen LogP contribution in [0.4, 0.5) is 0 Å². The third-order valence-electron chi connectivity index (χ3n) is 4.04. The first-order chi connectivity index (χ1) is 13.3. The molecule has 0 unspecified atom stereocenters. The predicted molar refractivity (Wildman–Crippen MR) is 105 cm³/mol. The summed E-state index contributed by atoms with van der Waals surface area (Å²) in [4.78, 5) is 0.163. The summed E-state index contributed by atoms with van der Waals surface area (Å²) in [6.07, 6.45) is -0.818. The summed E-state index contributed by atoms with van der Waals surface area (Å²) in [6, 6.07) is 14.4. The Morgan fingerprint density at radius 2 is 1.32 bits per heavy atom. The van der Waals surface area contributed by atoms with Gasteiger partial charge in [0.15, 0.2) is 0 Å². The SMILES string of the molecule is O=S(=O)(NCCC[C@H](O)[C@H](CO)NS(=O)(=O)c1ccccc1)c1ccccc1. The van der Waals surface area contributed by atoms with Gasteiger partial charge in [-0.1, -0.05) is 36.4 Å². The molecule has 0 aliphatic rings. The molecule has 2 aromatic carbocycles. The van der Waals surface area contributed by atoms with Crippen molar-refractivity contribution in [1.82, 2.24) is 9.44 Å². The Hall–Kier alpha value is -1.82. The zero-order valence-corrected chi connectivity index (χ0v) is 16.7. The van der Waals surface area contributed by atoms with Gasteiger partial charge in [-0.15, -0.1) is 0 Å². The van der Waals surface area contributed by atoms with E-state index in [1.807, 2.05) is 0 Å². The Kier molecular flexibility index (Phi) is 8.10. The minimum atomic E-state index is -3.89. The van der Waals surface area contributed by atoms with Crippen LogP contribution in [0.25, 0.3) is 0 Å². The fraction of sp³-hybridized carbons (Fsp3) is 0.333. The van der Waals surface area contributed by atoms with Crippen molar-refractivity contribution in [1.29, 1.82) is 0 Å². The fourth-order valence-electron chi connectivity index (χ4n) is 2.51. The van der Waals surface area contributed by atoms with Gasteiger partial charge >= 0.3 is 0 Å². The van der Waals surface area contributed by atoms with E-state index in [0.717, 1.165) is 0 Å². The third kappa shape index (κ3) is 6.36. The smallest absolute Gasteiger partial charge is 0.240 e. The van der Waals surface area contributed by atoms with Gasteiger partial charge in [0.2, 0.25) is 20.0 Å². The largest absolute Gasteiger partial charge is 0.395 e. The zero-order chi connectivity index (χ0) is 20.6. The van der Waals surface area contributed by atoms with E-state index in [0.29, 0.717) is 0 Å². The average Bonchev–Trinajstić information content (AvgIpc) is 2.70. The van der Waals surface area contributed by atoms with Gasteiger partial charge in [0.1, 0.15) is 0 Å². The second-order valence-electron chi connectivity index (χ2n) is 6.14. The van der Waals surface area contributed by atoms with Crippen LogP contribution in [0.3, 0.4) is 0 Å². The van der Waals surface area contributed by atoms with Crippen LogP contribution in [0.1, 0.15) is 12.8 Å². The molecule has 2 atom stereocenters. The molecular weight excluding hydrogens is 404 g/mol. The van der Waals surface area contributed by atoms with E-state index >= 15 is 0 Å². The molecule has 4 N–H and O–H groups in total. The standard InChI is InChI=1S/C18H24N2O6S2/c21-14-17(20-28(25,26)16-10-5-2-6-11-16)18(22)12-7-13-19-27(23,24)15-8-3-1-4-9-15/h1-6,8-11,17-22H,7,12-14H2/t17-,18-/m0/s1. The molecule has 2 rings (SSSR count). The molecule has 0 fully saturated rings. The lowest BCUT2D eigenvalue weighted by Crippen LogP contribution is -2.46. The van der Waals surface area contributed by atoms with Crippen LogP contribution in [0, 0.1) is 0 Å². The Labute approximate surface area is 165 Å². The highest BCUT2D eigenvalue weighted by Crippen LogP contribution is 2.11. The number of benzene rings is 2. The van der Waals surface area contributed by atoms with Gasteiger partial charge in [-0.3, -0.25) is 0 Å². The van der Waals surface area contributed by atoms with E-state index in [1.165, 1.54) is 24.3 Å². The van der Waals surface area contributed by atoms with E-state index < -0.39 is 38.8 Å². The number of nitrogens with one attached hydrogen (secondary N) is 2. The van der Waals surface area contributed by atoms with Crippen molar-refractivity contribution in [3.8, 4) is 0 Å². The highest BCUT2D eigenvalue weighted by Gasteiger charge is 2.25. The first-order valence-corrected chi connectivity index (χ1v) is 11.6. The van der Waals surface area contributed by atoms with E-state index in [9.17, 15) is 27.0 Å². The highest BCUT2D eigenvalue weighted by atomic mass is 32.2. The number of hydrogen-bond donors (Lipinski definition) is 4. The summed E-state index contributed by atoms with van der Waals surface area (Å²) in [7, 11) is -7.53. The molecule has 0 bridgehead atoms. The zero-order valence-electron chi connectivity index (χ0n) is 15.1. The molecule has 0 amide bonds. The van der Waals surface area contributed by atoms with Gasteiger partial charge in [0.25, 0.3) is 0 Å². The molecule has 0 aromatic heterocycles. The number of aliphatic hydroxyl groups is 2. The molecule has 0 spiro atoms. The van der Waals surface area contributed by atoms with Crippen molar-refractivity contribution in [2.45, 2.75) is 34.8 Å². The normalized spacial score (nSPS) is 14.5. The van der Waals surface area contributed by atoms with E-state index in [-0.39, 0.29) is 29.2 Å². The second-order valence-corrected chi connectivity index (χ2v) is 9.62. The maximum absolute atomic E-state index is 12.3. The van der Waals surface area contributed by atoms with Crippen molar-refractivity contribution in [2.24, 2.45) is 0 Å². The molecule has 0 aliphatic heterocycles. The minimum absolute atomic E-state index is 0.0243. The summed E-state index contributed by atoms with van der Waals surface area (Å²) in [6.45, 7) is -0.527. The number of aliphatic hydroxyl groups excluding tert-OH is 2. The van der Waals surface area contributed by atoms with Crippen molar-refractivity contribution >= 4 is 20.0 Å². The van der Waals surface area contributed by atoms with Crippen LogP contribution >= 0.6 is 0 Å². The van der Waals surface area contributed by atoms with Crippen molar-refractivity contribution < 1.29 is 27.0 Å². The first kappa shape index (κ1) is 22.5. The van der Waals surface area contributed by atoms with E-state index in [4.69, 9.17) is 0 Å². The maximum atomic E-state index is 12.3. The van der Waals surface area contributed by atoms with Gasteiger partial charge in [-0.05, 0) is 37.1 Å². The lowest BCUT2D eigenvalue weighted by Gasteiger charge is -2.22. The summed E-state index contributed by atoms with van der Waals surface area (Å²) in [5.74, 6) is 0. The highest BCUT2D eigenvalue weighted by molar-refractivity contribution is 7.89. The lowest BCUT2D eigenvalue weighted by atomic mass is 10.1. The van der Waals surface area contributed by atoms with Crippen LogP contribution in [-0.4, -0.2) is 52.3 Å². The second kappa shape index (κ2) is 10.1. The molecule has 28 heavy (non-hydrogen) atoms. The average molecular weight is 429 g/mol. The fourth-order valence-corrected chi connectivity index (χ4v) is 4.88. The molecule has 0 saturated heterocycles. The van der Waals surface area contributed by atoms with E-state index in [1.54, 1.807) is 36.4 Å². The van der Waals surface area contributed by atoms with Crippen LogP contribution in [-0.2, 0) is 20.0 Å². The van der Waals surface area contributed by atoms with Crippen LogP contribution in [0.2, 0.25) is 0 Å². The first-order valence-electron chi connectivity index (χ1n) is 8.67. The summed E-state index contributed by atoms with van der Waals surface area (Å²) in [5.41, 5.74) is 0. The molecular formula is C18H24N2O6S2. The number of rotatable bonds is 11. The van der Waals surface area contributed by atoms with Crippen LogP contribution in [0.15, 0.2) is 70.5 Å². The predicted octanol–water partition coefficient (Wildman–Crippen LogP) is 0.445. The van der Waals surface area contributed by atoms with Gasteiger partial charge in [0.05, 0.1) is 28.5 Å². The Morgan fingerprint density at radius 1 is 0.821 bits per heavy atom. The Morgan fingerprint density at radius 3 is 1.82 bits per heavy atom. The number of hydrogen-bond acceptors (Lipinski definition) is 6. The van der Waals surface area contributed by atoms with Gasteiger partial charge in [-0.2, -0.15) is 0 Å². The van der Waals surface area contributed by atoms with Gasteiger partial charge in [0, 0.05) is 6.54 Å². The molecule has 0 saturated carbocycles. The van der Waals surface area contributed by atoms with Crippen molar-refractivity contribution in [2.75, 3.05) is 13.2 Å². The van der Waals surface area contributed by atoms with Gasteiger partial charge < -0.3 is 10.2 Å². The topological polar surface area (TPSA) is 133 Å². The Bertz CT molecular complexity index is 935. The monoisotopic (exact) mass is 428 g/mol. The molecule has 0 aliphatic carbocycles. The molecule has 8 nitrogen and oxygen atoms in total. The van der Waals surface area contributed by atoms with Crippen molar-refractivity contribution in [3.63, 3.8) is 0 Å². The lowest BCUT2D eigenvalue weighted by molar-refractivity contribution is 0.0925.